The summed E-state index contributed by atoms with van der Waals surface area (Å²) in [6.07, 6.45) is -0.917. The zero-order valence-corrected chi connectivity index (χ0v) is 16.1. The molecule has 4 rings (SSSR count). The molecule has 3 aromatic carbocycles. The molecule has 1 heterocycles. The Labute approximate surface area is 159 Å². The van der Waals surface area contributed by atoms with Crippen LogP contribution in [0.5, 0.6) is 0 Å². The minimum absolute atomic E-state index is 0.0749. The van der Waals surface area contributed by atoms with Crippen molar-refractivity contribution in [2.45, 2.75) is 26.1 Å². The minimum atomic E-state index is -0.917. The smallest absolute Gasteiger partial charge is 0.257 e. The second-order valence-corrected chi connectivity index (χ2v) is 7.55. The van der Waals surface area contributed by atoms with Gasteiger partial charge in [-0.15, -0.1) is 0 Å². The third-order valence-electron chi connectivity index (χ3n) is 5.33. The predicted octanol–water partition coefficient (Wildman–Crippen LogP) is 4.43. The van der Waals surface area contributed by atoms with E-state index in [0.29, 0.717) is 5.56 Å². The summed E-state index contributed by atoms with van der Waals surface area (Å²) in [4.78, 5) is 16.6. The largest absolute Gasteiger partial charge is 0.378 e. The molecule has 0 saturated heterocycles. The average Bonchev–Trinajstić information content (AvgIpc) is 2.65. The monoisotopic (exact) mass is 360 g/mol. The lowest BCUT2D eigenvalue weighted by Gasteiger charge is -2.36. The van der Waals surface area contributed by atoms with Crippen LogP contribution in [0.2, 0.25) is 0 Å². The molecule has 1 amide bonds. The van der Waals surface area contributed by atoms with Gasteiger partial charge in [-0.25, -0.2) is 0 Å². The molecule has 0 saturated carbocycles. The highest BCUT2D eigenvalue weighted by atomic mass is 16.3. The molecular formula is C23H24N2O2. The van der Waals surface area contributed by atoms with Crippen LogP contribution in [0.25, 0.3) is 21.9 Å². The quantitative estimate of drug-likeness (QED) is 0.751. The van der Waals surface area contributed by atoms with Gasteiger partial charge in [-0.3, -0.25) is 4.79 Å². The van der Waals surface area contributed by atoms with Crippen molar-refractivity contribution in [3.05, 3.63) is 65.7 Å². The van der Waals surface area contributed by atoms with E-state index in [2.05, 4.69) is 29.2 Å². The molecular weight excluding hydrogens is 336 g/mol. The molecule has 0 fully saturated rings. The summed E-state index contributed by atoms with van der Waals surface area (Å²) in [5.41, 5.74) is 4.76. The van der Waals surface area contributed by atoms with Crippen LogP contribution in [0, 0.1) is 0 Å². The van der Waals surface area contributed by atoms with Crippen LogP contribution in [0.1, 0.15) is 36.0 Å². The number of anilines is 1. The number of carbonyl (C=O) groups is 1. The van der Waals surface area contributed by atoms with Gasteiger partial charge in [-0.1, -0.05) is 36.4 Å². The summed E-state index contributed by atoms with van der Waals surface area (Å²) in [5.74, 6) is -0.115. The Morgan fingerprint density at radius 1 is 0.963 bits per heavy atom. The van der Waals surface area contributed by atoms with Gasteiger partial charge in [0.1, 0.15) is 0 Å². The summed E-state index contributed by atoms with van der Waals surface area (Å²) < 4.78 is 0. The molecule has 1 aliphatic heterocycles. The number of amides is 1. The fourth-order valence-electron chi connectivity index (χ4n) is 3.94. The van der Waals surface area contributed by atoms with Crippen molar-refractivity contribution < 1.29 is 9.90 Å². The topological polar surface area (TPSA) is 43.8 Å². The summed E-state index contributed by atoms with van der Waals surface area (Å²) in [7, 11) is 4.04. The van der Waals surface area contributed by atoms with Crippen LogP contribution >= 0.6 is 0 Å². The van der Waals surface area contributed by atoms with Crippen LogP contribution in [-0.2, 0) is 0 Å². The first-order valence-electron chi connectivity index (χ1n) is 9.24. The van der Waals surface area contributed by atoms with E-state index in [1.807, 2.05) is 58.3 Å². The lowest BCUT2D eigenvalue weighted by atomic mass is 9.88. The fourth-order valence-corrected chi connectivity index (χ4v) is 3.94. The Hall–Kier alpha value is -2.85. The first kappa shape index (κ1) is 17.6. The van der Waals surface area contributed by atoms with Gasteiger partial charge in [-0.05, 0) is 48.6 Å². The highest BCUT2D eigenvalue weighted by molar-refractivity contribution is 6.13. The molecule has 27 heavy (non-hydrogen) atoms. The van der Waals surface area contributed by atoms with E-state index in [1.54, 1.807) is 4.90 Å². The lowest BCUT2D eigenvalue weighted by molar-refractivity contribution is -0.00897. The molecule has 4 nitrogen and oxygen atoms in total. The van der Waals surface area contributed by atoms with Crippen molar-refractivity contribution in [3.8, 4) is 11.1 Å². The predicted molar refractivity (Wildman–Crippen MR) is 110 cm³/mol. The first-order chi connectivity index (χ1) is 12.9. The standard InChI is InChI=1S/C23H24N2O2/c1-14(2)25-22(26)19-7-5-6-18-17(12-13-20(21(18)19)23(25)27)15-8-10-16(11-9-15)24(3)4/h5-14,23,27H,1-4H3. The second kappa shape index (κ2) is 6.39. The molecule has 0 spiro atoms. The van der Waals surface area contributed by atoms with Crippen LogP contribution in [0.3, 0.4) is 0 Å². The zero-order valence-electron chi connectivity index (χ0n) is 16.1. The third-order valence-corrected chi connectivity index (χ3v) is 5.33. The van der Waals surface area contributed by atoms with Crippen LogP contribution < -0.4 is 4.90 Å². The maximum Gasteiger partial charge on any atom is 0.257 e. The van der Waals surface area contributed by atoms with Gasteiger partial charge in [0.2, 0.25) is 0 Å². The Bertz CT molecular complexity index is 1020. The Morgan fingerprint density at radius 2 is 1.67 bits per heavy atom. The summed E-state index contributed by atoms with van der Waals surface area (Å²) in [6.45, 7) is 3.85. The maximum absolute atomic E-state index is 13.0. The van der Waals surface area contributed by atoms with E-state index in [-0.39, 0.29) is 11.9 Å². The minimum Gasteiger partial charge on any atom is -0.378 e. The van der Waals surface area contributed by atoms with Crippen LogP contribution in [-0.4, -0.2) is 36.1 Å². The van der Waals surface area contributed by atoms with Crippen molar-refractivity contribution in [3.63, 3.8) is 0 Å². The molecule has 1 aliphatic rings. The fraction of sp³-hybridized carbons (Fsp3) is 0.261. The number of benzene rings is 3. The van der Waals surface area contributed by atoms with E-state index in [4.69, 9.17) is 0 Å². The number of carbonyl (C=O) groups excluding carboxylic acids is 1. The second-order valence-electron chi connectivity index (χ2n) is 7.55. The maximum atomic E-state index is 13.0. The summed E-state index contributed by atoms with van der Waals surface area (Å²) in [6, 6.07) is 18.1. The van der Waals surface area contributed by atoms with Gasteiger partial charge < -0.3 is 14.9 Å². The van der Waals surface area contributed by atoms with Gasteiger partial charge in [-0.2, -0.15) is 0 Å². The first-order valence-corrected chi connectivity index (χ1v) is 9.24. The highest BCUT2D eigenvalue weighted by Gasteiger charge is 2.34. The van der Waals surface area contributed by atoms with Crippen molar-refractivity contribution in [2.24, 2.45) is 0 Å². The summed E-state index contributed by atoms with van der Waals surface area (Å²) in [5, 5.41) is 12.7. The highest BCUT2D eigenvalue weighted by Crippen LogP contribution is 2.40. The molecule has 1 unspecified atom stereocenters. The normalized spacial score (nSPS) is 16.3. The number of hydrogen-bond donors (Lipinski definition) is 1. The molecule has 1 atom stereocenters. The van der Waals surface area contributed by atoms with Crippen LogP contribution in [0.4, 0.5) is 5.69 Å². The van der Waals surface area contributed by atoms with E-state index >= 15 is 0 Å². The molecule has 0 radical (unpaired) electrons. The third kappa shape index (κ3) is 2.68. The Balaban J connectivity index is 1.93. The molecule has 0 bridgehead atoms. The lowest BCUT2D eigenvalue weighted by Crippen LogP contribution is -2.42. The van der Waals surface area contributed by atoms with Crippen LogP contribution in [0.15, 0.2) is 54.6 Å². The molecule has 138 valence electrons. The molecule has 3 aromatic rings. The molecule has 0 aromatic heterocycles. The van der Waals surface area contributed by atoms with Crippen molar-refractivity contribution in [2.75, 3.05) is 19.0 Å². The van der Waals surface area contributed by atoms with E-state index < -0.39 is 6.23 Å². The number of rotatable bonds is 3. The van der Waals surface area contributed by atoms with Gasteiger partial charge in [0.25, 0.3) is 5.91 Å². The average molecular weight is 360 g/mol. The van der Waals surface area contributed by atoms with Crippen molar-refractivity contribution >= 4 is 22.4 Å². The van der Waals surface area contributed by atoms with Gasteiger partial charge in [0.15, 0.2) is 6.23 Å². The molecule has 1 N–H and O–H groups in total. The van der Waals surface area contributed by atoms with E-state index in [1.165, 1.54) is 0 Å². The molecule has 4 heteroatoms. The van der Waals surface area contributed by atoms with Gasteiger partial charge in [0.05, 0.1) is 0 Å². The van der Waals surface area contributed by atoms with Crippen molar-refractivity contribution in [1.29, 1.82) is 0 Å². The van der Waals surface area contributed by atoms with Crippen molar-refractivity contribution in [1.82, 2.24) is 4.90 Å². The Kier molecular flexibility index (Phi) is 4.16. The Morgan fingerprint density at radius 3 is 2.30 bits per heavy atom. The number of aliphatic hydroxyl groups is 1. The number of hydrogen-bond acceptors (Lipinski definition) is 3. The molecule has 0 aliphatic carbocycles. The van der Waals surface area contributed by atoms with E-state index in [0.717, 1.165) is 33.2 Å². The zero-order chi connectivity index (χ0) is 19.3. The summed E-state index contributed by atoms with van der Waals surface area (Å²) >= 11 is 0. The van der Waals surface area contributed by atoms with Gasteiger partial charge in [0, 0.05) is 42.3 Å². The van der Waals surface area contributed by atoms with Gasteiger partial charge >= 0.3 is 0 Å². The number of aliphatic hydroxyl groups excluding tert-OH is 1. The van der Waals surface area contributed by atoms with E-state index in [9.17, 15) is 9.90 Å². The SMILES string of the molecule is CC(C)N1C(=O)c2cccc3c(-c4ccc(N(C)C)cc4)ccc(c23)C1O. The number of nitrogens with zero attached hydrogens (tertiary/aromatic N) is 2.